The van der Waals surface area contributed by atoms with Gasteiger partial charge in [0.25, 0.3) is 0 Å². The van der Waals surface area contributed by atoms with Gasteiger partial charge in [0.1, 0.15) is 0 Å². The van der Waals surface area contributed by atoms with Crippen LogP contribution in [0.1, 0.15) is 26.3 Å². The average Bonchev–Trinajstić information content (AvgIpc) is 2.82. The van der Waals surface area contributed by atoms with E-state index in [1.54, 1.807) is 23.3 Å². The molecule has 0 spiro atoms. The summed E-state index contributed by atoms with van der Waals surface area (Å²) in [4.78, 5) is 16.1. The van der Waals surface area contributed by atoms with Gasteiger partial charge >= 0.3 is 0 Å². The maximum atomic E-state index is 11.9. The molecule has 5 heteroatoms. The number of aryl methyl sites for hydroxylation is 1. The van der Waals surface area contributed by atoms with Crippen LogP contribution in [0, 0.1) is 5.41 Å². The van der Waals surface area contributed by atoms with E-state index in [0.29, 0.717) is 6.54 Å². The van der Waals surface area contributed by atoms with Gasteiger partial charge in [0.2, 0.25) is 5.91 Å². The average molecular weight is 272 g/mol. The van der Waals surface area contributed by atoms with E-state index in [4.69, 9.17) is 0 Å². The van der Waals surface area contributed by atoms with Crippen molar-refractivity contribution in [3.8, 4) is 11.1 Å². The van der Waals surface area contributed by atoms with E-state index >= 15 is 0 Å². The third kappa shape index (κ3) is 3.44. The number of carbonyl (C=O) groups excluding carboxylic acids is 1. The number of nitrogens with zero attached hydrogens (tertiary/aromatic N) is 3. The molecule has 2 rings (SSSR count). The maximum Gasteiger partial charge on any atom is 0.225 e. The Hall–Kier alpha value is -2.17. The summed E-state index contributed by atoms with van der Waals surface area (Å²) >= 11 is 0. The standard InChI is InChI=1S/C15H20N4O/c1-15(2,3)14(20)17-7-11-5-12(8-16-6-11)13-9-18-19(4)10-13/h5-6,8-10H,7H2,1-4H3,(H,17,20). The number of rotatable bonds is 3. The van der Waals surface area contributed by atoms with Gasteiger partial charge in [0.15, 0.2) is 0 Å². The lowest BCUT2D eigenvalue weighted by atomic mass is 9.95. The lowest BCUT2D eigenvalue weighted by molar-refractivity contribution is -0.128. The lowest BCUT2D eigenvalue weighted by Crippen LogP contribution is -2.34. The Morgan fingerprint density at radius 3 is 2.60 bits per heavy atom. The third-order valence-electron chi connectivity index (χ3n) is 2.97. The molecule has 0 saturated heterocycles. The highest BCUT2D eigenvalue weighted by Crippen LogP contribution is 2.18. The predicted molar refractivity (Wildman–Crippen MR) is 77.7 cm³/mol. The van der Waals surface area contributed by atoms with Crippen molar-refractivity contribution in [1.29, 1.82) is 0 Å². The number of amides is 1. The minimum absolute atomic E-state index is 0.0317. The summed E-state index contributed by atoms with van der Waals surface area (Å²) in [6, 6.07) is 2.02. The molecule has 0 fully saturated rings. The van der Waals surface area contributed by atoms with E-state index in [1.165, 1.54) is 0 Å². The first-order chi connectivity index (χ1) is 9.36. The van der Waals surface area contributed by atoms with Crippen LogP contribution < -0.4 is 5.32 Å². The minimum atomic E-state index is -0.381. The molecule has 1 amide bonds. The second-order valence-electron chi connectivity index (χ2n) is 5.92. The van der Waals surface area contributed by atoms with Crippen molar-refractivity contribution in [2.24, 2.45) is 12.5 Å². The van der Waals surface area contributed by atoms with Gasteiger partial charge in [0.05, 0.1) is 6.20 Å². The highest BCUT2D eigenvalue weighted by atomic mass is 16.2. The molecule has 0 aliphatic rings. The summed E-state index contributed by atoms with van der Waals surface area (Å²) in [6.07, 6.45) is 7.30. The topological polar surface area (TPSA) is 59.8 Å². The van der Waals surface area contributed by atoms with Crippen molar-refractivity contribution >= 4 is 5.91 Å². The van der Waals surface area contributed by atoms with E-state index in [2.05, 4.69) is 15.4 Å². The first kappa shape index (κ1) is 14.2. The summed E-state index contributed by atoms with van der Waals surface area (Å²) < 4.78 is 1.75. The SMILES string of the molecule is Cn1cc(-c2cncc(CNC(=O)C(C)(C)C)c2)cn1. The quantitative estimate of drug-likeness (QED) is 0.931. The van der Waals surface area contributed by atoms with Crippen molar-refractivity contribution in [2.75, 3.05) is 0 Å². The van der Waals surface area contributed by atoms with E-state index in [0.717, 1.165) is 16.7 Å². The Balaban J connectivity index is 2.09. The molecule has 0 unspecified atom stereocenters. The molecule has 106 valence electrons. The van der Waals surface area contributed by atoms with Crippen molar-refractivity contribution in [3.05, 3.63) is 36.4 Å². The molecule has 0 aromatic carbocycles. The normalized spacial score (nSPS) is 11.4. The van der Waals surface area contributed by atoms with Crippen LogP contribution in [-0.4, -0.2) is 20.7 Å². The zero-order valence-corrected chi connectivity index (χ0v) is 12.3. The fourth-order valence-electron chi connectivity index (χ4n) is 1.76. The van der Waals surface area contributed by atoms with Gasteiger partial charge in [-0.05, 0) is 11.6 Å². The summed E-state index contributed by atoms with van der Waals surface area (Å²) in [5.74, 6) is 0.0317. The zero-order chi connectivity index (χ0) is 14.8. The molecule has 2 aromatic rings. The Labute approximate surface area is 119 Å². The Morgan fingerprint density at radius 1 is 1.25 bits per heavy atom. The van der Waals surface area contributed by atoms with Gasteiger partial charge in [-0.25, -0.2) is 0 Å². The van der Waals surface area contributed by atoms with Crippen LogP contribution >= 0.6 is 0 Å². The van der Waals surface area contributed by atoms with Gasteiger partial charge in [-0.3, -0.25) is 14.5 Å². The molecule has 2 heterocycles. The first-order valence-corrected chi connectivity index (χ1v) is 6.57. The number of aromatic nitrogens is 3. The molecule has 2 aromatic heterocycles. The van der Waals surface area contributed by atoms with Crippen LogP contribution in [0.2, 0.25) is 0 Å². The Bertz CT molecular complexity index is 610. The largest absolute Gasteiger partial charge is 0.352 e. The number of hydrogen-bond acceptors (Lipinski definition) is 3. The van der Waals surface area contributed by atoms with Gasteiger partial charge in [0, 0.05) is 48.7 Å². The first-order valence-electron chi connectivity index (χ1n) is 6.57. The molecule has 1 N–H and O–H groups in total. The monoisotopic (exact) mass is 272 g/mol. The highest BCUT2D eigenvalue weighted by Gasteiger charge is 2.20. The summed E-state index contributed by atoms with van der Waals surface area (Å²) in [5.41, 5.74) is 2.61. The maximum absolute atomic E-state index is 11.9. The second-order valence-corrected chi connectivity index (χ2v) is 5.92. The van der Waals surface area contributed by atoms with E-state index < -0.39 is 0 Å². The second kappa shape index (κ2) is 5.45. The lowest BCUT2D eigenvalue weighted by Gasteiger charge is -2.17. The van der Waals surface area contributed by atoms with Gasteiger partial charge in [-0.1, -0.05) is 20.8 Å². The fourth-order valence-corrected chi connectivity index (χ4v) is 1.76. The minimum Gasteiger partial charge on any atom is -0.352 e. The van der Waals surface area contributed by atoms with Crippen molar-refractivity contribution in [3.63, 3.8) is 0 Å². The van der Waals surface area contributed by atoms with Crippen LogP contribution in [0.3, 0.4) is 0 Å². The molecular formula is C15H20N4O. The number of nitrogens with one attached hydrogen (secondary N) is 1. The van der Waals surface area contributed by atoms with Crippen molar-refractivity contribution < 1.29 is 4.79 Å². The van der Waals surface area contributed by atoms with Crippen LogP contribution in [0.5, 0.6) is 0 Å². The van der Waals surface area contributed by atoms with Crippen LogP contribution in [0.25, 0.3) is 11.1 Å². The summed E-state index contributed by atoms with van der Waals surface area (Å²) in [5, 5.41) is 7.07. The summed E-state index contributed by atoms with van der Waals surface area (Å²) in [6.45, 7) is 6.17. The zero-order valence-electron chi connectivity index (χ0n) is 12.3. The van der Waals surface area contributed by atoms with Gasteiger partial charge < -0.3 is 5.32 Å². The number of hydrogen-bond donors (Lipinski definition) is 1. The van der Waals surface area contributed by atoms with E-state index in [-0.39, 0.29) is 11.3 Å². The molecule has 5 nitrogen and oxygen atoms in total. The van der Waals surface area contributed by atoms with Gasteiger partial charge in [-0.15, -0.1) is 0 Å². The predicted octanol–water partition coefficient (Wildman–Crippen LogP) is 2.14. The Kier molecular flexibility index (Phi) is 3.88. The molecule has 20 heavy (non-hydrogen) atoms. The molecular weight excluding hydrogens is 252 g/mol. The molecule has 0 radical (unpaired) electrons. The third-order valence-corrected chi connectivity index (χ3v) is 2.97. The molecule has 0 saturated carbocycles. The fraction of sp³-hybridized carbons (Fsp3) is 0.400. The Morgan fingerprint density at radius 2 is 2.00 bits per heavy atom. The summed E-state index contributed by atoms with van der Waals surface area (Å²) in [7, 11) is 1.88. The van der Waals surface area contributed by atoms with Crippen molar-refractivity contribution in [1.82, 2.24) is 20.1 Å². The van der Waals surface area contributed by atoms with Crippen LogP contribution in [-0.2, 0) is 18.4 Å². The number of pyridine rings is 1. The smallest absolute Gasteiger partial charge is 0.225 e. The van der Waals surface area contributed by atoms with Gasteiger partial charge in [-0.2, -0.15) is 5.10 Å². The van der Waals surface area contributed by atoms with E-state index in [9.17, 15) is 4.79 Å². The van der Waals surface area contributed by atoms with Crippen LogP contribution in [0.15, 0.2) is 30.9 Å². The molecule has 0 aliphatic heterocycles. The van der Waals surface area contributed by atoms with Crippen LogP contribution in [0.4, 0.5) is 0 Å². The highest BCUT2D eigenvalue weighted by molar-refractivity contribution is 5.81. The molecule has 0 bridgehead atoms. The van der Waals surface area contributed by atoms with E-state index in [1.807, 2.05) is 40.1 Å². The number of carbonyl (C=O) groups is 1. The molecule has 0 atom stereocenters. The van der Waals surface area contributed by atoms with Crippen molar-refractivity contribution in [2.45, 2.75) is 27.3 Å². The molecule has 0 aliphatic carbocycles.